The van der Waals surface area contributed by atoms with E-state index in [2.05, 4.69) is 19.2 Å². The van der Waals surface area contributed by atoms with Crippen molar-refractivity contribution in [3.8, 4) is 5.75 Å². The summed E-state index contributed by atoms with van der Waals surface area (Å²) in [5.74, 6) is 0.926. The summed E-state index contributed by atoms with van der Waals surface area (Å²) in [7, 11) is 0. The van der Waals surface area contributed by atoms with Crippen molar-refractivity contribution in [3.05, 3.63) is 29.8 Å². The molecule has 116 valence electrons. The largest absolute Gasteiger partial charge is 0.481 e. The first-order chi connectivity index (χ1) is 9.99. The van der Waals surface area contributed by atoms with Gasteiger partial charge in [-0.05, 0) is 43.7 Å². The van der Waals surface area contributed by atoms with Crippen LogP contribution in [0.25, 0.3) is 0 Å². The van der Waals surface area contributed by atoms with E-state index in [0.717, 1.165) is 30.6 Å². The Balaban J connectivity index is 1.97. The van der Waals surface area contributed by atoms with Gasteiger partial charge in [0, 0.05) is 0 Å². The van der Waals surface area contributed by atoms with Crippen LogP contribution in [0.4, 0.5) is 0 Å². The first-order valence-electron chi connectivity index (χ1n) is 7.73. The van der Waals surface area contributed by atoms with Crippen LogP contribution in [-0.4, -0.2) is 29.3 Å². The molecule has 2 rings (SSSR count). The highest BCUT2D eigenvalue weighted by Crippen LogP contribution is 2.27. The van der Waals surface area contributed by atoms with Crippen molar-refractivity contribution >= 4 is 5.91 Å². The molecular formula is C17H25NO3. The molecule has 3 unspecified atom stereocenters. The zero-order chi connectivity index (χ0) is 15.4. The van der Waals surface area contributed by atoms with Gasteiger partial charge in [0.15, 0.2) is 6.10 Å². The van der Waals surface area contributed by atoms with Crippen LogP contribution in [0.2, 0.25) is 0 Å². The molecule has 1 fully saturated rings. The van der Waals surface area contributed by atoms with E-state index in [9.17, 15) is 9.90 Å². The van der Waals surface area contributed by atoms with Crippen LogP contribution in [0, 0.1) is 0 Å². The quantitative estimate of drug-likeness (QED) is 0.876. The van der Waals surface area contributed by atoms with E-state index in [4.69, 9.17) is 4.74 Å². The summed E-state index contributed by atoms with van der Waals surface area (Å²) in [6.07, 6.45) is 1.55. The fraction of sp³-hybridized carbons (Fsp3) is 0.588. The van der Waals surface area contributed by atoms with Crippen LogP contribution in [0.3, 0.4) is 0 Å². The number of aliphatic hydroxyl groups excluding tert-OH is 1. The predicted octanol–water partition coefficient (Wildman–Crippen LogP) is 2.61. The number of hydrogen-bond donors (Lipinski definition) is 2. The molecule has 0 bridgehead atoms. The molecule has 3 atom stereocenters. The number of hydrogen-bond acceptors (Lipinski definition) is 3. The third-order valence-corrected chi connectivity index (χ3v) is 4.02. The highest BCUT2D eigenvalue weighted by molar-refractivity contribution is 5.81. The smallest absolute Gasteiger partial charge is 0.261 e. The van der Waals surface area contributed by atoms with Gasteiger partial charge in [0.25, 0.3) is 5.91 Å². The second-order valence-corrected chi connectivity index (χ2v) is 6.07. The Labute approximate surface area is 126 Å². The van der Waals surface area contributed by atoms with Gasteiger partial charge in [-0.15, -0.1) is 0 Å². The number of carbonyl (C=O) groups excluding carboxylic acids is 1. The number of amides is 1. The lowest BCUT2D eigenvalue weighted by Crippen LogP contribution is -2.45. The lowest BCUT2D eigenvalue weighted by molar-refractivity contribution is -0.128. The van der Waals surface area contributed by atoms with Crippen molar-refractivity contribution in [2.24, 2.45) is 0 Å². The molecule has 0 saturated heterocycles. The van der Waals surface area contributed by atoms with Crippen molar-refractivity contribution in [2.45, 2.75) is 64.2 Å². The Morgan fingerprint density at radius 3 is 2.62 bits per heavy atom. The molecule has 0 heterocycles. The lowest BCUT2D eigenvalue weighted by atomic mass is 10.0. The molecule has 1 amide bonds. The number of para-hydroxylation sites is 1. The average Bonchev–Trinajstić information content (AvgIpc) is 2.84. The summed E-state index contributed by atoms with van der Waals surface area (Å²) in [4.78, 5) is 12.2. The number of ether oxygens (including phenoxy) is 1. The summed E-state index contributed by atoms with van der Waals surface area (Å²) in [5.41, 5.74) is 1.10. The molecule has 0 aromatic heterocycles. The van der Waals surface area contributed by atoms with E-state index in [-0.39, 0.29) is 11.9 Å². The second-order valence-electron chi connectivity index (χ2n) is 6.07. The monoisotopic (exact) mass is 291 g/mol. The van der Waals surface area contributed by atoms with Crippen LogP contribution in [0.5, 0.6) is 5.75 Å². The summed E-state index contributed by atoms with van der Waals surface area (Å²) >= 11 is 0. The maximum atomic E-state index is 12.2. The third-order valence-electron chi connectivity index (χ3n) is 4.02. The van der Waals surface area contributed by atoms with Crippen LogP contribution >= 0.6 is 0 Å². The van der Waals surface area contributed by atoms with Crippen LogP contribution in [0.15, 0.2) is 24.3 Å². The molecule has 2 N–H and O–H groups in total. The first-order valence-corrected chi connectivity index (χ1v) is 7.73. The average molecular weight is 291 g/mol. The molecule has 1 aliphatic carbocycles. The molecule has 1 aromatic rings. The molecule has 4 heteroatoms. The molecule has 1 aliphatic rings. The van der Waals surface area contributed by atoms with Crippen molar-refractivity contribution in [1.82, 2.24) is 5.32 Å². The van der Waals surface area contributed by atoms with E-state index in [0.29, 0.717) is 5.92 Å². The zero-order valence-electron chi connectivity index (χ0n) is 13.0. The lowest BCUT2D eigenvalue weighted by Gasteiger charge is -2.22. The van der Waals surface area contributed by atoms with E-state index in [1.165, 1.54) is 0 Å². The Kier molecular flexibility index (Phi) is 5.23. The van der Waals surface area contributed by atoms with Crippen LogP contribution in [-0.2, 0) is 4.79 Å². The van der Waals surface area contributed by atoms with Crippen molar-refractivity contribution < 1.29 is 14.6 Å². The van der Waals surface area contributed by atoms with Gasteiger partial charge in [-0.3, -0.25) is 4.79 Å². The zero-order valence-corrected chi connectivity index (χ0v) is 13.0. The van der Waals surface area contributed by atoms with Gasteiger partial charge in [-0.25, -0.2) is 0 Å². The van der Waals surface area contributed by atoms with Crippen LogP contribution < -0.4 is 10.1 Å². The Morgan fingerprint density at radius 2 is 2.00 bits per heavy atom. The molecule has 0 radical (unpaired) electrons. The number of aliphatic hydroxyl groups is 1. The number of carbonyl (C=O) groups is 1. The fourth-order valence-corrected chi connectivity index (χ4v) is 2.72. The van der Waals surface area contributed by atoms with Crippen molar-refractivity contribution in [2.75, 3.05) is 0 Å². The van der Waals surface area contributed by atoms with Gasteiger partial charge < -0.3 is 15.2 Å². The predicted molar refractivity (Wildman–Crippen MR) is 82.4 cm³/mol. The van der Waals surface area contributed by atoms with E-state index in [1.807, 2.05) is 24.3 Å². The maximum Gasteiger partial charge on any atom is 0.261 e. The minimum atomic E-state index is -0.572. The van der Waals surface area contributed by atoms with Gasteiger partial charge >= 0.3 is 0 Å². The number of benzene rings is 1. The molecule has 0 aliphatic heterocycles. The van der Waals surface area contributed by atoms with E-state index >= 15 is 0 Å². The van der Waals surface area contributed by atoms with Gasteiger partial charge in [-0.1, -0.05) is 32.0 Å². The van der Waals surface area contributed by atoms with Crippen molar-refractivity contribution in [1.29, 1.82) is 0 Å². The SMILES string of the molecule is CC(Oc1ccccc1C(C)C)C(=O)NC1CCCC1O. The molecule has 1 saturated carbocycles. The second kappa shape index (κ2) is 6.94. The van der Waals surface area contributed by atoms with Crippen LogP contribution in [0.1, 0.15) is 51.5 Å². The summed E-state index contributed by atoms with van der Waals surface area (Å²) in [6.45, 7) is 5.94. The van der Waals surface area contributed by atoms with Gasteiger partial charge in [0.05, 0.1) is 12.1 Å². The van der Waals surface area contributed by atoms with Gasteiger partial charge in [0.1, 0.15) is 5.75 Å². The van der Waals surface area contributed by atoms with E-state index in [1.54, 1.807) is 6.92 Å². The normalized spacial score (nSPS) is 23.1. The summed E-state index contributed by atoms with van der Waals surface area (Å²) in [6, 6.07) is 7.66. The van der Waals surface area contributed by atoms with Gasteiger partial charge in [0.2, 0.25) is 0 Å². The molecule has 0 spiro atoms. The molecular weight excluding hydrogens is 266 g/mol. The fourth-order valence-electron chi connectivity index (χ4n) is 2.72. The first kappa shape index (κ1) is 15.8. The van der Waals surface area contributed by atoms with E-state index < -0.39 is 12.2 Å². The molecule has 21 heavy (non-hydrogen) atoms. The highest BCUT2D eigenvalue weighted by Gasteiger charge is 2.28. The third kappa shape index (κ3) is 3.97. The van der Waals surface area contributed by atoms with Crippen molar-refractivity contribution in [3.63, 3.8) is 0 Å². The summed E-state index contributed by atoms with van der Waals surface area (Å²) < 4.78 is 5.82. The van der Waals surface area contributed by atoms with Gasteiger partial charge in [-0.2, -0.15) is 0 Å². The maximum absolute atomic E-state index is 12.2. The minimum absolute atomic E-state index is 0.135. The number of rotatable bonds is 5. The Bertz CT molecular complexity index is 487. The molecule has 1 aromatic carbocycles. The molecule has 4 nitrogen and oxygen atoms in total. The Morgan fingerprint density at radius 1 is 1.29 bits per heavy atom. The topological polar surface area (TPSA) is 58.6 Å². The minimum Gasteiger partial charge on any atom is -0.481 e. The Hall–Kier alpha value is -1.55. The summed E-state index contributed by atoms with van der Waals surface area (Å²) in [5, 5.41) is 12.7. The standard InChI is InChI=1S/C17H25NO3/c1-11(2)13-7-4-5-10-16(13)21-12(3)17(20)18-14-8-6-9-15(14)19/h4-5,7,10-12,14-15,19H,6,8-9H2,1-3H3,(H,18,20). The highest BCUT2D eigenvalue weighted by atomic mass is 16.5. The number of nitrogens with one attached hydrogen (secondary N) is 1.